The average Bonchev–Trinajstić information content (AvgIpc) is 3.67. The molecule has 1 aliphatic carbocycles. The number of allylic oxidation sites excluding steroid dienone is 4. The van der Waals surface area contributed by atoms with E-state index in [0.29, 0.717) is 5.92 Å². The van der Waals surface area contributed by atoms with Gasteiger partial charge in [0.2, 0.25) is 0 Å². The first-order valence-electron chi connectivity index (χ1n) is 16.2. The van der Waals surface area contributed by atoms with E-state index in [9.17, 15) is 0 Å². The van der Waals surface area contributed by atoms with Crippen LogP contribution in [-0.2, 0) is 0 Å². The summed E-state index contributed by atoms with van der Waals surface area (Å²) in [5.74, 6) is 0.383. The Kier molecular flexibility index (Phi) is 6.44. The molecule has 0 bridgehead atoms. The van der Waals surface area contributed by atoms with Gasteiger partial charge in [-0.3, -0.25) is 0 Å². The zero-order chi connectivity index (χ0) is 30.7. The molecule has 0 fully saturated rings. The van der Waals surface area contributed by atoms with Gasteiger partial charge >= 0.3 is 0 Å². The van der Waals surface area contributed by atoms with Gasteiger partial charge in [-0.15, -0.1) is 11.3 Å². The Bertz CT molecular complexity index is 2370. The van der Waals surface area contributed by atoms with Crippen molar-refractivity contribution >= 4 is 82.6 Å². The van der Waals surface area contributed by atoms with Crippen molar-refractivity contribution in [3.8, 4) is 0 Å². The number of aromatic nitrogens is 1. The van der Waals surface area contributed by atoms with Crippen LogP contribution in [0.3, 0.4) is 0 Å². The summed E-state index contributed by atoms with van der Waals surface area (Å²) in [5, 5.41) is 11.3. The van der Waals surface area contributed by atoms with Gasteiger partial charge in [0.25, 0.3) is 0 Å². The molecule has 0 saturated heterocycles. The number of benzene rings is 6. The molecule has 1 nitrogen and oxygen atoms in total. The molecule has 3 heteroatoms. The van der Waals surface area contributed by atoms with Gasteiger partial charge in [-0.05, 0) is 52.2 Å². The lowest BCUT2D eigenvalue weighted by atomic mass is 10.0. The van der Waals surface area contributed by atoms with Crippen LogP contribution in [0.2, 0.25) is 0 Å². The molecular weight excluding hydrogens is 591 g/mol. The predicted octanol–water partition coefficient (Wildman–Crippen LogP) is 9.68. The molecule has 0 radical (unpaired) electrons. The minimum Gasteiger partial charge on any atom is -0.310 e. The minimum absolute atomic E-state index is 0.383. The van der Waals surface area contributed by atoms with E-state index in [1.54, 1.807) is 5.20 Å². The largest absolute Gasteiger partial charge is 0.310 e. The van der Waals surface area contributed by atoms with Gasteiger partial charge in [0.05, 0.1) is 11.0 Å². The summed E-state index contributed by atoms with van der Waals surface area (Å²) in [6.45, 7) is 2.45. The van der Waals surface area contributed by atoms with Gasteiger partial charge in [-0.1, -0.05) is 152 Å². The molecule has 0 amide bonds. The van der Waals surface area contributed by atoms with Gasteiger partial charge in [0.1, 0.15) is 0 Å². The van der Waals surface area contributed by atoms with Crippen molar-refractivity contribution in [1.29, 1.82) is 0 Å². The van der Waals surface area contributed by atoms with E-state index in [4.69, 9.17) is 0 Å². The van der Waals surface area contributed by atoms with Gasteiger partial charge in [-0.25, -0.2) is 0 Å². The summed E-state index contributed by atoms with van der Waals surface area (Å²) in [5.41, 5.74) is 3.80. The van der Waals surface area contributed by atoms with E-state index in [-0.39, 0.29) is 0 Å². The number of hydrogen-bond donors (Lipinski definition) is 0. The molecule has 46 heavy (non-hydrogen) atoms. The minimum atomic E-state index is -2.79. The van der Waals surface area contributed by atoms with Gasteiger partial charge < -0.3 is 4.57 Å². The molecule has 6 aromatic carbocycles. The topological polar surface area (TPSA) is 4.93 Å². The van der Waals surface area contributed by atoms with Crippen molar-refractivity contribution in [3.63, 3.8) is 0 Å². The van der Waals surface area contributed by atoms with Gasteiger partial charge in [-0.2, -0.15) is 0 Å². The maximum absolute atomic E-state index is 2.79. The van der Waals surface area contributed by atoms with Crippen LogP contribution in [0, 0.1) is 5.92 Å². The van der Waals surface area contributed by atoms with E-state index >= 15 is 0 Å². The summed E-state index contributed by atoms with van der Waals surface area (Å²) in [6.07, 6.45) is 6.06. The lowest BCUT2D eigenvalue weighted by Gasteiger charge is -2.40. The standard InChI is InChI=1S/C43H33NSSi/c1-30-27-28-31(44-38-23-11-8-19-34(38)35-20-9-12-24-39(35)44)29-42(30)46(32-15-4-2-5-16-32,33-17-6-3-7-18-33)41-26-14-22-37-36-21-10-13-25-40(36)45-43(37)41/h2-26,28-30H,27H2,1H3. The van der Waals surface area contributed by atoms with Crippen LogP contribution in [0.25, 0.3) is 47.7 Å². The molecule has 1 atom stereocenters. The first-order chi connectivity index (χ1) is 22.7. The van der Waals surface area contributed by atoms with Crippen molar-refractivity contribution < 1.29 is 0 Å². The number of fused-ring (bicyclic) bond motifs is 6. The van der Waals surface area contributed by atoms with Crippen molar-refractivity contribution in [3.05, 3.63) is 169 Å². The normalized spacial score (nSPS) is 15.5. The van der Waals surface area contributed by atoms with E-state index in [1.165, 1.54) is 63.2 Å². The van der Waals surface area contributed by atoms with Crippen LogP contribution in [0.15, 0.2) is 169 Å². The highest BCUT2D eigenvalue weighted by Crippen LogP contribution is 2.40. The molecule has 2 aromatic heterocycles. The van der Waals surface area contributed by atoms with Crippen LogP contribution in [0.5, 0.6) is 0 Å². The molecule has 9 rings (SSSR count). The Morgan fingerprint density at radius 2 is 1.11 bits per heavy atom. The molecule has 1 unspecified atom stereocenters. The maximum atomic E-state index is 2.59. The Balaban J connectivity index is 1.41. The third-order valence-electron chi connectivity index (χ3n) is 10.0. The highest BCUT2D eigenvalue weighted by atomic mass is 32.1. The third kappa shape index (κ3) is 3.99. The van der Waals surface area contributed by atoms with E-state index in [2.05, 4.69) is 175 Å². The van der Waals surface area contributed by atoms with Crippen molar-refractivity contribution in [2.45, 2.75) is 13.3 Å². The van der Waals surface area contributed by atoms with E-state index in [0.717, 1.165) is 6.42 Å². The SMILES string of the molecule is CC1CC=C(n2c3ccccc3c3ccccc32)C=C1[Si](c1ccccc1)(c1ccccc1)c1cccc2c1sc1ccccc12. The van der Waals surface area contributed by atoms with Crippen LogP contribution in [0.1, 0.15) is 13.3 Å². The summed E-state index contributed by atoms with van der Waals surface area (Å²) >= 11 is 1.96. The fourth-order valence-electron chi connectivity index (χ4n) is 8.00. The summed E-state index contributed by atoms with van der Waals surface area (Å²) in [4.78, 5) is 0. The molecule has 2 heterocycles. The number of hydrogen-bond acceptors (Lipinski definition) is 1. The zero-order valence-corrected chi connectivity index (χ0v) is 27.5. The Morgan fingerprint density at radius 3 is 1.76 bits per heavy atom. The molecule has 0 saturated carbocycles. The first kappa shape index (κ1) is 27.4. The summed E-state index contributed by atoms with van der Waals surface area (Å²) in [7, 11) is -2.79. The lowest BCUT2D eigenvalue weighted by molar-refractivity contribution is 0.715. The van der Waals surface area contributed by atoms with Crippen LogP contribution < -0.4 is 15.6 Å². The Morgan fingerprint density at radius 1 is 0.565 bits per heavy atom. The molecular formula is C43H33NSSi. The van der Waals surface area contributed by atoms with Gasteiger partial charge in [0.15, 0.2) is 8.07 Å². The lowest BCUT2D eigenvalue weighted by Crippen LogP contribution is -2.69. The summed E-state index contributed by atoms with van der Waals surface area (Å²) in [6, 6.07) is 56.6. The second-order valence-corrected chi connectivity index (χ2v) is 17.3. The maximum Gasteiger partial charge on any atom is 0.177 e. The number of rotatable bonds is 5. The van der Waals surface area contributed by atoms with Crippen LogP contribution >= 0.6 is 11.3 Å². The molecule has 8 aromatic rings. The monoisotopic (exact) mass is 623 g/mol. The molecule has 220 valence electrons. The van der Waals surface area contributed by atoms with Crippen LogP contribution in [-0.4, -0.2) is 12.6 Å². The number of nitrogens with zero attached hydrogens (tertiary/aromatic N) is 1. The smallest absolute Gasteiger partial charge is 0.177 e. The molecule has 0 aliphatic heterocycles. The van der Waals surface area contributed by atoms with Crippen molar-refractivity contribution in [2.75, 3.05) is 0 Å². The Labute approximate surface area is 274 Å². The second-order valence-electron chi connectivity index (χ2n) is 12.5. The number of para-hydroxylation sites is 2. The Hall–Kier alpha value is -4.96. The van der Waals surface area contributed by atoms with E-state index in [1.807, 2.05) is 11.3 Å². The average molecular weight is 624 g/mol. The molecule has 0 spiro atoms. The van der Waals surface area contributed by atoms with Crippen LogP contribution in [0.4, 0.5) is 0 Å². The quantitative estimate of drug-likeness (QED) is 0.133. The number of thiophene rings is 1. The second kappa shape index (κ2) is 10.8. The highest BCUT2D eigenvalue weighted by Gasteiger charge is 2.46. The van der Waals surface area contributed by atoms with E-state index < -0.39 is 8.07 Å². The highest BCUT2D eigenvalue weighted by molar-refractivity contribution is 7.29. The summed E-state index contributed by atoms with van der Waals surface area (Å²) < 4.78 is 5.28. The third-order valence-corrected chi connectivity index (χ3v) is 16.5. The predicted molar refractivity (Wildman–Crippen MR) is 202 cm³/mol. The molecule has 0 N–H and O–H groups in total. The molecule has 1 aliphatic rings. The first-order valence-corrected chi connectivity index (χ1v) is 19.0. The van der Waals surface area contributed by atoms with Gasteiger partial charge in [0, 0.05) is 36.6 Å². The fraction of sp³-hybridized carbons (Fsp3) is 0.0698. The van der Waals surface area contributed by atoms with Crippen molar-refractivity contribution in [1.82, 2.24) is 4.57 Å². The zero-order valence-electron chi connectivity index (χ0n) is 25.7. The fourth-order valence-corrected chi connectivity index (χ4v) is 15.1. The van der Waals surface area contributed by atoms with Crippen molar-refractivity contribution in [2.24, 2.45) is 5.92 Å².